The summed E-state index contributed by atoms with van der Waals surface area (Å²) in [4.78, 5) is 0. The van der Waals surface area contributed by atoms with Gasteiger partial charge in [0.25, 0.3) is 0 Å². The van der Waals surface area contributed by atoms with Crippen LogP contribution in [0.4, 0.5) is 0 Å². The molecular weight excluding hydrogens is 248 g/mol. The summed E-state index contributed by atoms with van der Waals surface area (Å²) in [6, 6.07) is 14.0. The van der Waals surface area contributed by atoms with Crippen LogP contribution in [0, 0.1) is 5.41 Å². The molecule has 0 radical (unpaired) electrons. The summed E-state index contributed by atoms with van der Waals surface area (Å²) >= 11 is 0. The van der Waals surface area contributed by atoms with Gasteiger partial charge in [0.2, 0.25) is 0 Å². The molecule has 1 aromatic heterocycles. The lowest BCUT2D eigenvalue weighted by molar-refractivity contribution is 0.122. The molecule has 0 fully saturated rings. The van der Waals surface area contributed by atoms with Gasteiger partial charge in [0, 0.05) is 10.8 Å². The molecule has 20 heavy (non-hydrogen) atoms. The van der Waals surface area contributed by atoms with Gasteiger partial charge in [-0.25, -0.2) is 0 Å². The van der Waals surface area contributed by atoms with Gasteiger partial charge in [-0.05, 0) is 35.6 Å². The summed E-state index contributed by atoms with van der Waals surface area (Å²) in [5, 5.41) is 12.6. The van der Waals surface area contributed by atoms with Crippen molar-refractivity contribution in [2.24, 2.45) is 5.41 Å². The minimum absolute atomic E-state index is 0.104. The maximum Gasteiger partial charge on any atom is 0.135 e. The van der Waals surface area contributed by atoms with Gasteiger partial charge >= 0.3 is 0 Å². The largest absolute Gasteiger partial charge is 0.456 e. The Kier molecular flexibility index (Phi) is 3.06. The van der Waals surface area contributed by atoms with Crippen molar-refractivity contribution in [3.63, 3.8) is 0 Å². The molecule has 0 amide bonds. The number of benzene rings is 2. The Morgan fingerprint density at radius 3 is 2.45 bits per heavy atom. The zero-order valence-corrected chi connectivity index (χ0v) is 12.2. The van der Waals surface area contributed by atoms with E-state index in [4.69, 9.17) is 4.42 Å². The van der Waals surface area contributed by atoms with Crippen LogP contribution in [0.2, 0.25) is 0 Å². The van der Waals surface area contributed by atoms with Crippen LogP contribution in [0.1, 0.15) is 38.9 Å². The van der Waals surface area contributed by atoms with Crippen LogP contribution in [-0.4, -0.2) is 5.11 Å². The Labute approximate surface area is 119 Å². The molecule has 1 N–H and O–H groups in total. The average molecular weight is 268 g/mol. The monoisotopic (exact) mass is 268 g/mol. The standard InChI is InChI=1S/C18H20O2/c1-18(2,3)11-15(19)12-8-9-17-14(10-12)13-6-4-5-7-16(13)20-17/h4-10,15,19H,11H2,1-3H3. The Balaban J connectivity index is 2.07. The molecule has 1 atom stereocenters. The number of para-hydroxylation sites is 1. The molecule has 0 spiro atoms. The molecule has 2 nitrogen and oxygen atoms in total. The zero-order chi connectivity index (χ0) is 14.3. The fourth-order valence-electron chi connectivity index (χ4n) is 2.65. The van der Waals surface area contributed by atoms with Crippen molar-refractivity contribution in [2.45, 2.75) is 33.3 Å². The lowest BCUT2D eigenvalue weighted by Gasteiger charge is -2.22. The second-order valence-corrected chi connectivity index (χ2v) is 6.63. The van der Waals surface area contributed by atoms with Crippen LogP contribution in [0.15, 0.2) is 46.9 Å². The molecule has 3 rings (SSSR count). The zero-order valence-electron chi connectivity index (χ0n) is 12.2. The van der Waals surface area contributed by atoms with Crippen LogP contribution < -0.4 is 0 Å². The smallest absolute Gasteiger partial charge is 0.135 e. The Morgan fingerprint density at radius 1 is 1.00 bits per heavy atom. The van der Waals surface area contributed by atoms with E-state index < -0.39 is 6.10 Å². The quantitative estimate of drug-likeness (QED) is 0.705. The summed E-state index contributed by atoms with van der Waals surface area (Å²) < 4.78 is 5.81. The van der Waals surface area contributed by atoms with Gasteiger partial charge < -0.3 is 9.52 Å². The van der Waals surface area contributed by atoms with Gasteiger partial charge in [-0.2, -0.15) is 0 Å². The van der Waals surface area contributed by atoms with E-state index in [-0.39, 0.29) is 5.41 Å². The molecule has 0 saturated heterocycles. The molecule has 104 valence electrons. The van der Waals surface area contributed by atoms with Crippen molar-refractivity contribution in [3.8, 4) is 0 Å². The first-order valence-electron chi connectivity index (χ1n) is 7.03. The molecule has 0 aliphatic carbocycles. The van der Waals surface area contributed by atoms with Crippen molar-refractivity contribution in [3.05, 3.63) is 48.0 Å². The third-order valence-electron chi connectivity index (χ3n) is 3.59. The number of fused-ring (bicyclic) bond motifs is 3. The van der Waals surface area contributed by atoms with Crippen LogP contribution in [-0.2, 0) is 0 Å². The maximum absolute atomic E-state index is 10.4. The van der Waals surface area contributed by atoms with Crippen molar-refractivity contribution in [2.75, 3.05) is 0 Å². The second-order valence-electron chi connectivity index (χ2n) is 6.63. The van der Waals surface area contributed by atoms with Crippen molar-refractivity contribution < 1.29 is 9.52 Å². The van der Waals surface area contributed by atoms with Gasteiger partial charge in [0.15, 0.2) is 0 Å². The third kappa shape index (κ3) is 2.44. The van der Waals surface area contributed by atoms with Gasteiger partial charge in [-0.15, -0.1) is 0 Å². The van der Waals surface area contributed by atoms with Crippen LogP contribution in [0.3, 0.4) is 0 Å². The highest BCUT2D eigenvalue weighted by atomic mass is 16.3. The van der Waals surface area contributed by atoms with E-state index >= 15 is 0 Å². The van der Waals surface area contributed by atoms with Gasteiger partial charge in [-0.3, -0.25) is 0 Å². The SMILES string of the molecule is CC(C)(C)CC(O)c1ccc2oc3ccccc3c2c1. The summed E-state index contributed by atoms with van der Waals surface area (Å²) in [6.45, 7) is 6.42. The summed E-state index contributed by atoms with van der Waals surface area (Å²) in [5.41, 5.74) is 2.83. The first kappa shape index (κ1) is 13.2. The molecule has 2 heteroatoms. The Hall–Kier alpha value is -1.80. The minimum atomic E-state index is -0.437. The van der Waals surface area contributed by atoms with Crippen LogP contribution >= 0.6 is 0 Å². The molecule has 0 aliphatic rings. The lowest BCUT2D eigenvalue weighted by Crippen LogP contribution is -2.11. The number of aliphatic hydroxyl groups is 1. The minimum Gasteiger partial charge on any atom is -0.456 e. The van der Waals surface area contributed by atoms with Crippen molar-refractivity contribution in [1.82, 2.24) is 0 Å². The van der Waals surface area contributed by atoms with Crippen molar-refractivity contribution >= 4 is 21.9 Å². The summed E-state index contributed by atoms with van der Waals surface area (Å²) in [7, 11) is 0. The van der Waals surface area contributed by atoms with E-state index in [0.29, 0.717) is 0 Å². The highest BCUT2D eigenvalue weighted by Crippen LogP contribution is 2.34. The molecule has 3 aromatic rings. The number of rotatable bonds is 2. The second kappa shape index (κ2) is 4.64. The summed E-state index contributed by atoms with van der Waals surface area (Å²) in [5.74, 6) is 0. The van der Waals surface area contributed by atoms with Crippen LogP contribution in [0.25, 0.3) is 21.9 Å². The fraction of sp³-hybridized carbons (Fsp3) is 0.333. The van der Waals surface area contributed by atoms with E-state index in [0.717, 1.165) is 33.9 Å². The molecule has 0 saturated carbocycles. The van der Waals surface area contributed by atoms with E-state index in [1.807, 2.05) is 30.3 Å². The Bertz CT molecular complexity index is 747. The number of furan rings is 1. The fourth-order valence-corrected chi connectivity index (χ4v) is 2.65. The normalized spacial score (nSPS) is 14.0. The van der Waals surface area contributed by atoms with Gasteiger partial charge in [0.05, 0.1) is 6.10 Å². The molecule has 1 unspecified atom stereocenters. The highest BCUT2D eigenvalue weighted by molar-refractivity contribution is 6.04. The number of aliphatic hydroxyl groups excluding tert-OH is 1. The molecular formula is C18H20O2. The first-order valence-corrected chi connectivity index (χ1v) is 7.03. The topological polar surface area (TPSA) is 33.4 Å². The molecule has 0 bridgehead atoms. The van der Waals surface area contributed by atoms with Crippen LogP contribution in [0.5, 0.6) is 0 Å². The Morgan fingerprint density at radius 2 is 1.70 bits per heavy atom. The van der Waals surface area contributed by atoms with Gasteiger partial charge in [0.1, 0.15) is 11.2 Å². The highest BCUT2D eigenvalue weighted by Gasteiger charge is 2.19. The lowest BCUT2D eigenvalue weighted by atomic mass is 9.86. The third-order valence-corrected chi connectivity index (χ3v) is 3.59. The van der Waals surface area contributed by atoms with Crippen molar-refractivity contribution in [1.29, 1.82) is 0 Å². The summed E-state index contributed by atoms with van der Waals surface area (Å²) in [6.07, 6.45) is 0.307. The average Bonchev–Trinajstić information content (AvgIpc) is 2.74. The van der Waals surface area contributed by atoms with Gasteiger partial charge in [-0.1, -0.05) is 45.0 Å². The predicted octanol–water partition coefficient (Wildman–Crippen LogP) is 5.06. The van der Waals surface area contributed by atoms with E-state index in [1.54, 1.807) is 0 Å². The van der Waals surface area contributed by atoms with E-state index in [2.05, 4.69) is 32.9 Å². The molecule has 2 aromatic carbocycles. The molecule has 0 aliphatic heterocycles. The molecule has 1 heterocycles. The first-order chi connectivity index (χ1) is 9.44. The van der Waals surface area contributed by atoms with E-state index in [9.17, 15) is 5.11 Å². The van der Waals surface area contributed by atoms with E-state index in [1.165, 1.54) is 0 Å². The number of hydrogen-bond acceptors (Lipinski definition) is 2. The number of hydrogen-bond donors (Lipinski definition) is 1. The maximum atomic E-state index is 10.4. The predicted molar refractivity (Wildman–Crippen MR) is 82.8 cm³/mol.